The molecule has 0 bridgehead atoms. The van der Waals surface area contributed by atoms with Crippen LogP contribution >= 0.6 is 0 Å². The molecule has 0 spiro atoms. The van der Waals surface area contributed by atoms with Crippen molar-refractivity contribution in [1.82, 2.24) is 24.9 Å². The molecule has 2 heterocycles. The van der Waals surface area contributed by atoms with E-state index in [9.17, 15) is 13.9 Å². The Morgan fingerprint density at radius 2 is 1.90 bits per heavy atom. The van der Waals surface area contributed by atoms with Crippen LogP contribution in [0, 0.1) is 5.82 Å². The van der Waals surface area contributed by atoms with Crippen LogP contribution < -0.4 is 4.90 Å². The molecule has 1 aliphatic carbocycles. The minimum atomic E-state index is -0.911. The van der Waals surface area contributed by atoms with Gasteiger partial charge in [-0.3, -0.25) is 0 Å². The number of rotatable bonds is 5. The lowest BCUT2D eigenvalue weighted by Crippen LogP contribution is -2.48. The summed E-state index contributed by atoms with van der Waals surface area (Å²) in [7, 11) is 5.89. The Balaban J connectivity index is 1.52. The maximum Gasteiger partial charge on any atom is 0.161 e. The van der Waals surface area contributed by atoms with Gasteiger partial charge in [0.05, 0.1) is 29.8 Å². The van der Waals surface area contributed by atoms with Crippen molar-refractivity contribution in [2.45, 2.75) is 37.5 Å². The van der Waals surface area contributed by atoms with Crippen molar-refractivity contribution >= 4 is 5.82 Å². The first kappa shape index (κ1) is 21.2. The average molecular weight is 428 g/mol. The third-order valence-corrected chi connectivity index (χ3v) is 6.02. The van der Waals surface area contributed by atoms with Gasteiger partial charge in [-0.1, -0.05) is 0 Å². The Morgan fingerprint density at radius 1 is 1.10 bits per heavy atom. The van der Waals surface area contributed by atoms with E-state index in [1.54, 1.807) is 24.3 Å². The molecule has 2 aromatic heterocycles. The second kappa shape index (κ2) is 8.58. The quantitative estimate of drug-likeness (QED) is 0.672. The van der Waals surface area contributed by atoms with Crippen molar-refractivity contribution in [1.29, 1.82) is 0 Å². The van der Waals surface area contributed by atoms with Crippen molar-refractivity contribution < 1.29 is 13.9 Å². The molecule has 0 saturated heterocycles. The van der Waals surface area contributed by atoms with E-state index in [1.165, 1.54) is 16.9 Å². The molecule has 1 N–H and O–H groups in total. The van der Waals surface area contributed by atoms with E-state index in [1.807, 2.05) is 26.0 Å². The largest absolute Gasteiger partial charge is 0.507 e. The van der Waals surface area contributed by atoms with Crippen molar-refractivity contribution in [3.63, 3.8) is 0 Å². The number of aromatic hydroxyl groups is 1. The molecule has 0 amide bonds. The number of alkyl halides is 1. The summed E-state index contributed by atoms with van der Waals surface area (Å²) < 4.78 is 29.1. The Kier molecular flexibility index (Phi) is 5.86. The van der Waals surface area contributed by atoms with Crippen molar-refractivity contribution in [2.75, 3.05) is 26.0 Å². The summed E-state index contributed by atoms with van der Waals surface area (Å²) in [6.45, 7) is 0. The maximum atomic E-state index is 14.6. The van der Waals surface area contributed by atoms with Gasteiger partial charge in [0.15, 0.2) is 11.6 Å². The summed E-state index contributed by atoms with van der Waals surface area (Å²) in [5, 5.41) is 22.9. The fourth-order valence-electron chi connectivity index (χ4n) is 4.11. The average Bonchev–Trinajstić information content (AvgIpc) is 3.20. The minimum absolute atomic E-state index is 0.0197. The van der Waals surface area contributed by atoms with E-state index in [-0.39, 0.29) is 11.8 Å². The number of hydrogen-bond acceptors (Lipinski definition) is 6. The summed E-state index contributed by atoms with van der Waals surface area (Å²) in [4.78, 5) is 4.00. The molecule has 1 aliphatic rings. The predicted octanol–water partition coefficient (Wildman–Crippen LogP) is 3.43. The Bertz CT molecular complexity index is 1040. The zero-order valence-electron chi connectivity index (χ0n) is 17.8. The minimum Gasteiger partial charge on any atom is -0.507 e. The maximum absolute atomic E-state index is 14.6. The normalized spacial score (nSPS) is 21.4. The van der Waals surface area contributed by atoms with E-state index in [0.29, 0.717) is 35.2 Å². The molecule has 4 rings (SSSR count). The fraction of sp³-hybridized carbons (Fsp3) is 0.409. The number of phenolic OH excluding ortho intramolecular Hbond substituents is 1. The smallest absolute Gasteiger partial charge is 0.161 e. The van der Waals surface area contributed by atoms with Crippen molar-refractivity contribution in [2.24, 2.45) is 0 Å². The Labute approximate surface area is 179 Å². The molecule has 7 nitrogen and oxygen atoms in total. The molecule has 31 heavy (non-hydrogen) atoms. The van der Waals surface area contributed by atoms with E-state index < -0.39 is 12.0 Å². The molecule has 0 radical (unpaired) electrons. The molecular formula is C22H26F2N6O. The number of halogens is 2. The Morgan fingerprint density at radius 3 is 2.52 bits per heavy atom. The molecular weight excluding hydrogens is 402 g/mol. The van der Waals surface area contributed by atoms with E-state index >= 15 is 0 Å². The van der Waals surface area contributed by atoms with Gasteiger partial charge >= 0.3 is 0 Å². The first-order valence-electron chi connectivity index (χ1n) is 10.2. The van der Waals surface area contributed by atoms with Crippen LogP contribution in [0.25, 0.3) is 16.9 Å². The van der Waals surface area contributed by atoms with Gasteiger partial charge < -0.3 is 14.9 Å². The van der Waals surface area contributed by atoms with Crippen LogP contribution in [0.1, 0.15) is 19.3 Å². The molecule has 1 saturated carbocycles. The lowest BCUT2D eigenvalue weighted by Gasteiger charge is -2.40. The van der Waals surface area contributed by atoms with Crippen LogP contribution in [-0.4, -0.2) is 69.4 Å². The van der Waals surface area contributed by atoms with E-state index in [4.69, 9.17) is 0 Å². The van der Waals surface area contributed by atoms with Crippen LogP contribution in [0.15, 0.2) is 42.7 Å². The van der Waals surface area contributed by atoms with Crippen LogP contribution in [0.4, 0.5) is 14.6 Å². The molecule has 0 aliphatic heterocycles. The molecule has 3 atom stereocenters. The standard InChI is InChI=1S/C22H26F2N6O/c1-28(2)15-5-7-18(24)20(10-15)29(3)22-9-8-19(26-27-22)17-6-4-16(11-21(17)31)30-13-14(23)12-25-30/h4,6,8-9,11-13,15,18,20,31H,5,7,10H2,1-3H3/t15?,18?,20-/m0/s1. The van der Waals surface area contributed by atoms with Crippen LogP contribution in [0.2, 0.25) is 0 Å². The van der Waals surface area contributed by atoms with Gasteiger partial charge in [0, 0.05) is 24.7 Å². The molecule has 164 valence electrons. The highest BCUT2D eigenvalue weighted by Crippen LogP contribution is 2.32. The lowest BCUT2D eigenvalue weighted by molar-refractivity contribution is 0.137. The summed E-state index contributed by atoms with van der Waals surface area (Å²) in [5.74, 6) is 0.104. The van der Waals surface area contributed by atoms with Crippen molar-refractivity contribution in [3.8, 4) is 22.7 Å². The van der Waals surface area contributed by atoms with Crippen molar-refractivity contribution in [3.05, 3.63) is 48.5 Å². The lowest BCUT2D eigenvalue weighted by atomic mass is 9.88. The summed E-state index contributed by atoms with van der Waals surface area (Å²) in [5.41, 5.74) is 1.50. The van der Waals surface area contributed by atoms with E-state index in [2.05, 4.69) is 20.2 Å². The molecule has 1 aromatic carbocycles. The monoisotopic (exact) mass is 428 g/mol. The SMILES string of the molecule is CN(C)C1CCC(F)[C@@H](N(C)c2ccc(-c3ccc(-n4cc(F)cn4)cc3O)nn2)C1. The summed E-state index contributed by atoms with van der Waals surface area (Å²) >= 11 is 0. The number of anilines is 1. The van der Waals surface area contributed by atoms with Gasteiger partial charge in [0.2, 0.25) is 0 Å². The highest BCUT2D eigenvalue weighted by molar-refractivity contribution is 5.69. The zero-order chi connectivity index (χ0) is 22.1. The molecule has 1 fully saturated rings. The topological polar surface area (TPSA) is 70.3 Å². The number of phenols is 1. The summed E-state index contributed by atoms with van der Waals surface area (Å²) in [6, 6.07) is 8.48. The van der Waals surface area contributed by atoms with Gasteiger partial charge in [-0.2, -0.15) is 5.10 Å². The third kappa shape index (κ3) is 4.36. The van der Waals surface area contributed by atoms with Gasteiger partial charge in [-0.05, 0) is 57.6 Å². The first-order chi connectivity index (χ1) is 14.8. The predicted molar refractivity (Wildman–Crippen MR) is 115 cm³/mol. The number of hydrogen-bond donors (Lipinski definition) is 1. The van der Waals surface area contributed by atoms with Gasteiger partial charge in [-0.25, -0.2) is 13.5 Å². The number of nitrogens with zero attached hydrogens (tertiary/aromatic N) is 6. The summed E-state index contributed by atoms with van der Waals surface area (Å²) in [6.07, 6.45) is 3.52. The van der Waals surface area contributed by atoms with Crippen LogP contribution in [-0.2, 0) is 0 Å². The number of benzene rings is 1. The molecule has 9 heteroatoms. The second-order valence-electron chi connectivity index (χ2n) is 8.21. The second-order valence-corrected chi connectivity index (χ2v) is 8.21. The zero-order valence-corrected chi connectivity index (χ0v) is 17.8. The highest BCUT2D eigenvalue weighted by atomic mass is 19.1. The molecule has 2 unspecified atom stereocenters. The highest BCUT2D eigenvalue weighted by Gasteiger charge is 2.34. The molecule has 3 aromatic rings. The first-order valence-corrected chi connectivity index (χ1v) is 10.2. The van der Waals surface area contributed by atoms with Gasteiger partial charge in [0.25, 0.3) is 0 Å². The van der Waals surface area contributed by atoms with Gasteiger partial charge in [-0.15, -0.1) is 10.2 Å². The Hall–Kier alpha value is -3.07. The van der Waals surface area contributed by atoms with E-state index in [0.717, 1.165) is 19.0 Å². The number of aromatic nitrogens is 4. The fourth-order valence-corrected chi connectivity index (χ4v) is 4.11. The van der Waals surface area contributed by atoms with Crippen LogP contribution in [0.3, 0.4) is 0 Å². The third-order valence-electron chi connectivity index (χ3n) is 6.02. The van der Waals surface area contributed by atoms with Gasteiger partial charge in [0.1, 0.15) is 11.9 Å². The van der Waals surface area contributed by atoms with Crippen LogP contribution in [0.5, 0.6) is 5.75 Å².